The number of aliphatic hydroxyl groups is 1. The fraction of sp³-hybridized carbons (Fsp3) is 0.333. The number of hydrogen-bond donors (Lipinski definition) is 1. The summed E-state index contributed by atoms with van der Waals surface area (Å²) in [7, 11) is 6.98. The molecule has 1 heterocycles. The Morgan fingerprint density at radius 3 is 2.32 bits per heavy atom. The molecule has 3 rings (SSSR count). The lowest BCUT2D eigenvalue weighted by Crippen LogP contribution is -2.32. The van der Waals surface area contributed by atoms with Crippen molar-refractivity contribution in [2.24, 2.45) is 0 Å². The lowest BCUT2D eigenvalue weighted by molar-refractivity contribution is -0.139. The molecule has 2 aromatic carbocycles. The fourth-order valence-corrected chi connectivity index (χ4v) is 3.79. The molecule has 0 bridgehead atoms. The van der Waals surface area contributed by atoms with E-state index in [4.69, 9.17) is 9.47 Å². The van der Waals surface area contributed by atoms with E-state index in [2.05, 4.69) is 0 Å². The first-order valence-corrected chi connectivity index (χ1v) is 10.1. The van der Waals surface area contributed by atoms with Crippen LogP contribution in [-0.4, -0.2) is 68.0 Å². The van der Waals surface area contributed by atoms with Gasteiger partial charge >= 0.3 is 0 Å². The Morgan fingerprint density at radius 1 is 1.03 bits per heavy atom. The standard InChI is InChI=1S/C24H28N2O5/c1-25(2)13-8-14-26-21(17-11-12-18(30-3)19(15-17)31-4)20(23(28)24(26)29)22(27)16-9-6-5-7-10-16/h5-7,9-12,15,21,27H,8,13-14H2,1-4H3/b22-20-. The van der Waals surface area contributed by atoms with Crippen LogP contribution in [0, 0.1) is 0 Å². The minimum atomic E-state index is -0.720. The second kappa shape index (κ2) is 9.66. The number of hydrogen-bond acceptors (Lipinski definition) is 6. The molecule has 1 unspecified atom stereocenters. The molecule has 2 aromatic rings. The van der Waals surface area contributed by atoms with Crippen molar-refractivity contribution in [1.29, 1.82) is 0 Å². The number of aliphatic hydroxyl groups excluding tert-OH is 1. The zero-order valence-corrected chi connectivity index (χ0v) is 18.3. The Kier molecular flexibility index (Phi) is 6.97. The summed E-state index contributed by atoms with van der Waals surface area (Å²) < 4.78 is 10.7. The SMILES string of the molecule is COc1ccc(C2/C(=C(/O)c3ccccc3)C(=O)C(=O)N2CCCN(C)C)cc1OC. The van der Waals surface area contributed by atoms with E-state index in [0.717, 1.165) is 6.54 Å². The number of ketones is 1. The molecule has 0 spiro atoms. The smallest absolute Gasteiger partial charge is 0.295 e. The summed E-state index contributed by atoms with van der Waals surface area (Å²) in [5, 5.41) is 11.0. The van der Waals surface area contributed by atoms with Crippen LogP contribution >= 0.6 is 0 Å². The first-order valence-electron chi connectivity index (χ1n) is 10.1. The maximum absolute atomic E-state index is 13.0. The van der Waals surface area contributed by atoms with Gasteiger partial charge in [-0.1, -0.05) is 36.4 Å². The molecule has 1 atom stereocenters. The van der Waals surface area contributed by atoms with Crippen molar-refractivity contribution in [3.63, 3.8) is 0 Å². The summed E-state index contributed by atoms with van der Waals surface area (Å²) in [5.41, 5.74) is 1.23. The Hall–Kier alpha value is -3.32. The summed E-state index contributed by atoms with van der Waals surface area (Å²) in [5.74, 6) is -0.465. The number of nitrogens with zero attached hydrogens (tertiary/aromatic N) is 2. The molecule has 31 heavy (non-hydrogen) atoms. The Balaban J connectivity index is 2.13. The number of rotatable bonds is 8. The molecule has 1 amide bonds. The van der Waals surface area contributed by atoms with Gasteiger partial charge in [0.05, 0.1) is 25.8 Å². The van der Waals surface area contributed by atoms with Crippen molar-refractivity contribution in [2.45, 2.75) is 12.5 Å². The summed E-state index contributed by atoms with van der Waals surface area (Å²) >= 11 is 0. The molecule has 1 fully saturated rings. The van der Waals surface area contributed by atoms with E-state index in [-0.39, 0.29) is 11.3 Å². The third kappa shape index (κ3) is 4.56. The van der Waals surface area contributed by atoms with Crippen LogP contribution in [0.25, 0.3) is 5.76 Å². The highest BCUT2D eigenvalue weighted by Crippen LogP contribution is 2.41. The van der Waals surface area contributed by atoms with Crippen molar-refractivity contribution in [2.75, 3.05) is 41.4 Å². The molecule has 1 N–H and O–H groups in total. The molecular formula is C24H28N2O5. The Bertz CT molecular complexity index is 985. The van der Waals surface area contributed by atoms with Gasteiger partial charge in [0, 0.05) is 12.1 Å². The quantitative estimate of drug-likeness (QED) is 0.399. The molecule has 0 aromatic heterocycles. The lowest BCUT2D eigenvalue weighted by atomic mass is 9.95. The maximum atomic E-state index is 13.0. The number of methoxy groups -OCH3 is 2. The maximum Gasteiger partial charge on any atom is 0.295 e. The molecule has 0 saturated carbocycles. The van der Waals surface area contributed by atoms with Gasteiger partial charge in [0.1, 0.15) is 5.76 Å². The molecule has 1 aliphatic rings. The Labute approximate surface area is 182 Å². The van der Waals surface area contributed by atoms with Crippen LogP contribution in [0.1, 0.15) is 23.6 Å². The minimum absolute atomic E-state index is 0.0771. The Morgan fingerprint density at radius 2 is 1.71 bits per heavy atom. The van der Waals surface area contributed by atoms with Gasteiger partial charge in [-0.05, 0) is 44.8 Å². The number of carbonyl (C=O) groups excluding carboxylic acids is 2. The van der Waals surface area contributed by atoms with Gasteiger partial charge in [-0.3, -0.25) is 9.59 Å². The first-order chi connectivity index (χ1) is 14.9. The minimum Gasteiger partial charge on any atom is -0.507 e. The van der Waals surface area contributed by atoms with Gasteiger partial charge in [-0.25, -0.2) is 0 Å². The number of ether oxygens (including phenoxy) is 2. The molecule has 7 nitrogen and oxygen atoms in total. The normalized spacial score (nSPS) is 18.0. The van der Waals surface area contributed by atoms with Crippen LogP contribution in [0.3, 0.4) is 0 Å². The number of amides is 1. The van der Waals surface area contributed by atoms with Crippen LogP contribution in [0.4, 0.5) is 0 Å². The predicted octanol–water partition coefficient (Wildman–Crippen LogP) is 3.08. The van der Waals surface area contributed by atoms with E-state index >= 15 is 0 Å². The third-order valence-corrected chi connectivity index (χ3v) is 5.31. The second-order valence-electron chi connectivity index (χ2n) is 7.63. The van der Waals surface area contributed by atoms with Gasteiger partial charge in [0.25, 0.3) is 11.7 Å². The van der Waals surface area contributed by atoms with Crippen molar-refractivity contribution in [3.8, 4) is 11.5 Å². The van der Waals surface area contributed by atoms with E-state index < -0.39 is 17.7 Å². The summed E-state index contributed by atoms with van der Waals surface area (Å²) in [4.78, 5) is 29.5. The van der Waals surface area contributed by atoms with Crippen LogP contribution < -0.4 is 9.47 Å². The average molecular weight is 424 g/mol. The molecule has 164 valence electrons. The molecule has 7 heteroatoms. The molecule has 1 saturated heterocycles. The largest absolute Gasteiger partial charge is 0.507 e. The highest BCUT2D eigenvalue weighted by Gasteiger charge is 2.46. The highest BCUT2D eigenvalue weighted by atomic mass is 16.5. The van der Waals surface area contributed by atoms with Gasteiger partial charge in [0.15, 0.2) is 11.5 Å². The van der Waals surface area contributed by atoms with E-state index in [9.17, 15) is 14.7 Å². The number of likely N-dealkylation sites (tertiary alicyclic amines) is 1. The van der Waals surface area contributed by atoms with Gasteiger partial charge < -0.3 is 24.4 Å². The predicted molar refractivity (Wildman–Crippen MR) is 118 cm³/mol. The average Bonchev–Trinajstić information content (AvgIpc) is 3.03. The van der Waals surface area contributed by atoms with Crippen LogP contribution in [0.5, 0.6) is 11.5 Å². The van der Waals surface area contributed by atoms with Crippen LogP contribution in [0.2, 0.25) is 0 Å². The van der Waals surface area contributed by atoms with Gasteiger partial charge in [-0.15, -0.1) is 0 Å². The zero-order valence-electron chi connectivity index (χ0n) is 18.3. The van der Waals surface area contributed by atoms with Gasteiger partial charge in [-0.2, -0.15) is 0 Å². The monoisotopic (exact) mass is 424 g/mol. The van der Waals surface area contributed by atoms with E-state index in [0.29, 0.717) is 35.6 Å². The highest BCUT2D eigenvalue weighted by molar-refractivity contribution is 6.46. The molecule has 1 aliphatic heterocycles. The number of carbonyl (C=O) groups is 2. The van der Waals surface area contributed by atoms with E-state index in [1.807, 2.05) is 25.1 Å². The number of Topliss-reactive ketones (excluding diaryl/α,β-unsaturated/α-hetero) is 1. The van der Waals surface area contributed by atoms with E-state index in [1.54, 1.807) is 49.6 Å². The molecule has 0 aliphatic carbocycles. The number of benzene rings is 2. The van der Waals surface area contributed by atoms with Crippen molar-refractivity contribution >= 4 is 17.4 Å². The van der Waals surface area contributed by atoms with Gasteiger partial charge in [0.2, 0.25) is 0 Å². The second-order valence-corrected chi connectivity index (χ2v) is 7.63. The summed E-state index contributed by atoms with van der Waals surface area (Å²) in [6.45, 7) is 1.15. The van der Waals surface area contributed by atoms with Crippen LogP contribution in [-0.2, 0) is 9.59 Å². The molecular weight excluding hydrogens is 396 g/mol. The third-order valence-electron chi connectivity index (χ3n) is 5.31. The first kappa shape index (κ1) is 22.4. The van der Waals surface area contributed by atoms with Crippen molar-refractivity contribution in [1.82, 2.24) is 9.80 Å². The van der Waals surface area contributed by atoms with Crippen molar-refractivity contribution in [3.05, 3.63) is 65.2 Å². The van der Waals surface area contributed by atoms with Crippen molar-refractivity contribution < 1.29 is 24.2 Å². The summed E-state index contributed by atoms with van der Waals surface area (Å²) in [6.07, 6.45) is 0.690. The molecule has 0 radical (unpaired) electrons. The zero-order chi connectivity index (χ0) is 22.5. The lowest BCUT2D eigenvalue weighted by Gasteiger charge is -2.26. The topological polar surface area (TPSA) is 79.3 Å². The summed E-state index contributed by atoms with van der Waals surface area (Å²) in [6, 6.07) is 13.3. The fourth-order valence-electron chi connectivity index (χ4n) is 3.79. The van der Waals surface area contributed by atoms with E-state index in [1.165, 1.54) is 12.0 Å². The van der Waals surface area contributed by atoms with Crippen LogP contribution in [0.15, 0.2) is 54.1 Å².